The normalized spacial score (nSPS) is 12.2. The van der Waals surface area contributed by atoms with Crippen molar-refractivity contribution in [3.05, 3.63) is 59.7 Å². The van der Waals surface area contributed by atoms with E-state index >= 15 is 0 Å². The molecule has 0 spiro atoms. The van der Waals surface area contributed by atoms with Gasteiger partial charge in [0.05, 0.1) is 0 Å². The highest BCUT2D eigenvalue weighted by Gasteiger charge is 2.05. The van der Waals surface area contributed by atoms with Crippen molar-refractivity contribution in [2.45, 2.75) is 32.6 Å². The van der Waals surface area contributed by atoms with Crippen LogP contribution in [0, 0.1) is 5.92 Å². The second-order valence-electron chi connectivity index (χ2n) is 5.51. The molecule has 0 heterocycles. The second kappa shape index (κ2) is 6.99. The molecule has 0 fully saturated rings. The van der Waals surface area contributed by atoms with Crippen molar-refractivity contribution in [1.29, 1.82) is 0 Å². The SMILES string of the molecule is CC(CCCc1ccc(O)c(O)c1)Cc1ccccc1. The summed E-state index contributed by atoms with van der Waals surface area (Å²) in [6, 6.07) is 15.6. The minimum absolute atomic E-state index is 0.0279. The molecular weight excluding hydrogens is 248 g/mol. The molecule has 2 aromatic carbocycles. The van der Waals surface area contributed by atoms with Crippen molar-refractivity contribution in [3.63, 3.8) is 0 Å². The first-order valence-corrected chi connectivity index (χ1v) is 7.20. The Morgan fingerprint density at radius 3 is 2.35 bits per heavy atom. The summed E-state index contributed by atoms with van der Waals surface area (Å²) in [7, 11) is 0. The lowest BCUT2D eigenvalue weighted by Crippen LogP contribution is -2.00. The third kappa shape index (κ3) is 4.30. The van der Waals surface area contributed by atoms with Crippen LogP contribution in [0.1, 0.15) is 30.9 Å². The Morgan fingerprint density at radius 1 is 0.900 bits per heavy atom. The van der Waals surface area contributed by atoms with Crippen LogP contribution in [0.4, 0.5) is 0 Å². The summed E-state index contributed by atoms with van der Waals surface area (Å²) in [6.07, 6.45) is 4.31. The van der Waals surface area contributed by atoms with Gasteiger partial charge in [0.15, 0.2) is 11.5 Å². The van der Waals surface area contributed by atoms with Gasteiger partial charge in [-0.25, -0.2) is 0 Å². The highest BCUT2D eigenvalue weighted by Crippen LogP contribution is 2.26. The van der Waals surface area contributed by atoms with E-state index in [9.17, 15) is 10.2 Å². The zero-order valence-corrected chi connectivity index (χ0v) is 11.9. The zero-order chi connectivity index (χ0) is 14.4. The van der Waals surface area contributed by atoms with Crippen LogP contribution in [-0.4, -0.2) is 10.2 Å². The smallest absolute Gasteiger partial charge is 0.157 e. The Morgan fingerprint density at radius 2 is 1.65 bits per heavy atom. The Kier molecular flexibility index (Phi) is 5.05. The molecule has 0 aliphatic heterocycles. The molecule has 2 rings (SSSR count). The number of phenolic OH excluding ortho intramolecular Hbond substituents is 2. The van der Waals surface area contributed by atoms with Gasteiger partial charge >= 0.3 is 0 Å². The molecule has 2 aromatic rings. The summed E-state index contributed by atoms with van der Waals surface area (Å²) in [6.45, 7) is 2.28. The lowest BCUT2D eigenvalue weighted by atomic mass is 9.95. The average Bonchev–Trinajstić information content (AvgIpc) is 2.44. The molecule has 0 aromatic heterocycles. The Labute approximate surface area is 120 Å². The molecule has 106 valence electrons. The van der Waals surface area contributed by atoms with Gasteiger partial charge < -0.3 is 10.2 Å². The first-order valence-electron chi connectivity index (χ1n) is 7.20. The third-order valence-corrected chi connectivity index (χ3v) is 3.63. The first kappa shape index (κ1) is 14.4. The maximum absolute atomic E-state index is 9.45. The fraction of sp³-hybridized carbons (Fsp3) is 0.333. The van der Waals surface area contributed by atoms with Crippen molar-refractivity contribution in [1.82, 2.24) is 0 Å². The highest BCUT2D eigenvalue weighted by atomic mass is 16.3. The molecule has 1 atom stereocenters. The van der Waals surface area contributed by atoms with Gasteiger partial charge in [0.2, 0.25) is 0 Å². The van der Waals surface area contributed by atoms with E-state index in [1.165, 1.54) is 5.56 Å². The monoisotopic (exact) mass is 270 g/mol. The number of hydrogen-bond donors (Lipinski definition) is 2. The number of rotatable bonds is 6. The van der Waals surface area contributed by atoms with Crippen LogP contribution >= 0.6 is 0 Å². The maximum atomic E-state index is 9.45. The van der Waals surface area contributed by atoms with Crippen LogP contribution in [-0.2, 0) is 12.8 Å². The predicted octanol–water partition coefficient (Wildman–Crippen LogP) is 4.30. The summed E-state index contributed by atoms with van der Waals surface area (Å²) in [5, 5.41) is 18.7. The number of aryl methyl sites for hydroxylation is 1. The molecule has 0 aliphatic carbocycles. The van der Waals surface area contributed by atoms with Gasteiger partial charge in [-0.3, -0.25) is 0 Å². The van der Waals surface area contributed by atoms with Crippen LogP contribution < -0.4 is 0 Å². The Hall–Kier alpha value is -1.96. The summed E-state index contributed by atoms with van der Waals surface area (Å²) >= 11 is 0. The quantitative estimate of drug-likeness (QED) is 0.768. The molecular formula is C18H22O2. The van der Waals surface area contributed by atoms with Crippen molar-refractivity contribution in [2.75, 3.05) is 0 Å². The molecule has 1 unspecified atom stereocenters. The number of phenols is 2. The zero-order valence-electron chi connectivity index (χ0n) is 11.9. The Balaban J connectivity index is 1.76. The molecule has 0 bridgehead atoms. The molecule has 0 amide bonds. The van der Waals surface area contributed by atoms with Crippen molar-refractivity contribution in [3.8, 4) is 11.5 Å². The summed E-state index contributed by atoms with van der Waals surface area (Å²) in [5.41, 5.74) is 2.47. The average molecular weight is 270 g/mol. The molecule has 2 N–H and O–H groups in total. The lowest BCUT2D eigenvalue weighted by molar-refractivity contribution is 0.403. The van der Waals surface area contributed by atoms with Gasteiger partial charge in [0, 0.05) is 0 Å². The van der Waals surface area contributed by atoms with E-state index in [0.717, 1.165) is 31.2 Å². The fourth-order valence-corrected chi connectivity index (χ4v) is 2.50. The van der Waals surface area contributed by atoms with Crippen LogP contribution in [0.2, 0.25) is 0 Å². The van der Waals surface area contributed by atoms with E-state index in [2.05, 4.69) is 31.2 Å². The summed E-state index contributed by atoms with van der Waals surface area (Å²) in [5.74, 6) is 0.578. The van der Waals surface area contributed by atoms with E-state index in [1.807, 2.05) is 12.1 Å². The lowest BCUT2D eigenvalue weighted by Gasteiger charge is -2.11. The van der Waals surface area contributed by atoms with E-state index in [-0.39, 0.29) is 11.5 Å². The molecule has 0 aliphatic rings. The number of aromatic hydroxyl groups is 2. The highest BCUT2D eigenvalue weighted by molar-refractivity contribution is 5.40. The molecule has 0 saturated heterocycles. The predicted molar refractivity (Wildman–Crippen MR) is 82.0 cm³/mol. The maximum Gasteiger partial charge on any atom is 0.157 e. The van der Waals surface area contributed by atoms with E-state index in [4.69, 9.17) is 0 Å². The van der Waals surface area contributed by atoms with E-state index < -0.39 is 0 Å². The van der Waals surface area contributed by atoms with Crippen molar-refractivity contribution >= 4 is 0 Å². The van der Waals surface area contributed by atoms with Gasteiger partial charge in [-0.05, 0) is 48.4 Å². The second-order valence-corrected chi connectivity index (χ2v) is 5.51. The standard InChI is InChI=1S/C18H22O2/c1-14(12-15-7-3-2-4-8-15)6-5-9-16-10-11-17(19)18(20)13-16/h2-4,7-8,10-11,13-14,19-20H,5-6,9,12H2,1H3. The first-order chi connectivity index (χ1) is 9.65. The summed E-state index contributed by atoms with van der Waals surface area (Å²) in [4.78, 5) is 0. The van der Waals surface area contributed by atoms with Crippen LogP contribution in [0.25, 0.3) is 0 Å². The topological polar surface area (TPSA) is 40.5 Å². The van der Waals surface area contributed by atoms with Gasteiger partial charge in [0.1, 0.15) is 0 Å². The van der Waals surface area contributed by atoms with Gasteiger partial charge in [-0.15, -0.1) is 0 Å². The molecule has 20 heavy (non-hydrogen) atoms. The van der Waals surface area contributed by atoms with Gasteiger partial charge in [-0.1, -0.05) is 49.7 Å². The van der Waals surface area contributed by atoms with Crippen LogP contribution in [0.5, 0.6) is 11.5 Å². The Bertz CT molecular complexity index is 534. The minimum atomic E-state index is -0.0498. The third-order valence-electron chi connectivity index (χ3n) is 3.63. The number of benzene rings is 2. The molecule has 0 radical (unpaired) electrons. The largest absolute Gasteiger partial charge is 0.504 e. The molecule has 2 heteroatoms. The van der Waals surface area contributed by atoms with Gasteiger partial charge in [0.25, 0.3) is 0 Å². The van der Waals surface area contributed by atoms with Crippen molar-refractivity contribution in [2.24, 2.45) is 5.92 Å². The minimum Gasteiger partial charge on any atom is -0.504 e. The molecule has 2 nitrogen and oxygen atoms in total. The van der Waals surface area contributed by atoms with Gasteiger partial charge in [-0.2, -0.15) is 0 Å². The van der Waals surface area contributed by atoms with E-state index in [1.54, 1.807) is 12.1 Å². The van der Waals surface area contributed by atoms with Crippen LogP contribution in [0.3, 0.4) is 0 Å². The van der Waals surface area contributed by atoms with E-state index in [0.29, 0.717) is 5.92 Å². The molecule has 0 saturated carbocycles. The summed E-state index contributed by atoms with van der Waals surface area (Å²) < 4.78 is 0. The number of hydrogen-bond acceptors (Lipinski definition) is 2. The fourth-order valence-electron chi connectivity index (χ4n) is 2.50. The van der Waals surface area contributed by atoms with Crippen LogP contribution in [0.15, 0.2) is 48.5 Å². The van der Waals surface area contributed by atoms with Crippen molar-refractivity contribution < 1.29 is 10.2 Å².